The first kappa shape index (κ1) is 15.2. The van der Waals surface area contributed by atoms with E-state index in [0.717, 1.165) is 4.88 Å². The molecule has 0 aliphatic rings. The Hall–Kier alpha value is -1.24. The van der Waals surface area contributed by atoms with Gasteiger partial charge in [0.15, 0.2) is 0 Å². The lowest BCUT2D eigenvalue weighted by Crippen LogP contribution is -2.31. The molecule has 1 heterocycles. The van der Waals surface area contributed by atoms with E-state index in [-0.39, 0.29) is 11.6 Å². The van der Waals surface area contributed by atoms with Crippen LogP contribution in [0.15, 0.2) is 41.8 Å². The van der Waals surface area contributed by atoms with Crippen molar-refractivity contribution in [2.75, 3.05) is 6.54 Å². The first-order valence-electron chi connectivity index (χ1n) is 6.26. The van der Waals surface area contributed by atoms with Gasteiger partial charge in [0.05, 0.1) is 5.75 Å². The minimum absolute atomic E-state index is 0.105. The van der Waals surface area contributed by atoms with E-state index in [4.69, 9.17) is 0 Å². The molecule has 2 aromatic rings. The number of hydrogen-bond donors (Lipinski definition) is 0. The summed E-state index contributed by atoms with van der Waals surface area (Å²) in [5, 5.41) is 1.93. The predicted molar refractivity (Wildman–Crippen MR) is 79.4 cm³/mol. The fourth-order valence-corrected chi connectivity index (χ4v) is 4.19. The monoisotopic (exact) mass is 313 g/mol. The normalized spacial score (nSPS) is 11.9. The molecule has 20 heavy (non-hydrogen) atoms. The second-order valence-corrected chi connectivity index (χ2v) is 7.39. The fourth-order valence-electron chi connectivity index (χ4n) is 1.87. The molecule has 0 unspecified atom stereocenters. The van der Waals surface area contributed by atoms with E-state index in [0.29, 0.717) is 18.7 Å². The first-order chi connectivity index (χ1) is 9.51. The Kier molecular flexibility index (Phi) is 4.91. The third-order valence-corrected chi connectivity index (χ3v) is 5.65. The molecule has 3 nitrogen and oxygen atoms in total. The van der Waals surface area contributed by atoms with Crippen LogP contribution in [0.1, 0.15) is 17.4 Å². The molecule has 0 N–H and O–H groups in total. The maximum atomic E-state index is 12.8. The van der Waals surface area contributed by atoms with Crippen LogP contribution >= 0.6 is 11.3 Å². The zero-order valence-electron chi connectivity index (χ0n) is 11.1. The van der Waals surface area contributed by atoms with Crippen LogP contribution in [0.2, 0.25) is 0 Å². The molecule has 0 aliphatic heterocycles. The zero-order valence-corrected chi connectivity index (χ0v) is 12.8. The Labute approximate surface area is 122 Å². The highest BCUT2D eigenvalue weighted by Crippen LogP contribution is 2.17. The van der Waals surface area contributed by atoms with Gasteiger partial charge in [-0.25, -0.2) is 12.8 Å². The third-order valence-electron chi connectivity index (χ3n) is 2.92. The topological polar surface area (TPSA) is 37.4 Å². The molecule has 0 amide bonds. The number of thiophene rings is 1. The maximum Gasteiger partial charge on any atom is 0.218 e. The van der Waals surface area contributed by atoms with E-state index < -0.39 is 10.0 Å². The third kappa shape index (κ3) is 3.88. The Morgan fingerprint density at radius 2 is 1.90 bits per heavy atom. The van der Waals surface area contributed by atoms with Crippen LogP contribution in [0.3, 0.4) is 0 Å². The Morgan fingerprint density at radius 1 is 1.20 bits per heavy atom. The van der Waals surface area contributed by atoms with Gasteiger partial charge in [-0.05, 0) is 29.1 Å². The number of sulfonamides is 1. The molecule has 0 saturated heterocycles. The molecule has 0 fully saturated rings. The maximum absolute atomic E-state index is 12.8. The van der Waals surface area contributed by atoms with Gasteiger partial charge in [0, 0.05) is 18.0 Å². The van der Waals surface area contributed by atoms with Crippen LogP contribution in [0.5, 0.6) is 0 Å². The summed E-state index contributed by atoms with van der Waals surface area (Å²) in [7, 11) is -3.40. The molecular weight excluding hydrogens is 297 g/mol. The van der Waals surface area contributed by atoms with Crippen molar-refractivity contribution in [3.63, 3.8) is 0 Å². The van der Waals surface area contributed by atoms with Crippen LogP contribution in [-0.4, -0.2) is 19.3 Å². The molecule has 1 aromatic heterocycles. The van der Waals surface area contributed by atoms with E-state index in [2.05, 4.69) is 0 Å². The standard InChI is InChI=1S/C14H16FNO2S2/c1-2-16(10-14-4-3-9-19-14)20(17,18)11-12-5-7-13(15)8-6-12/h3-9H,2,10-11H2,1H3. The van der Waals surface area contributed by atoms with Crippen LogP contribution in [0.25, 0.3) is 0 Å². The van der Waals surface area contributed by atoms with E-state index in [9.17, 15) is 12.8 Å². The van der Waals surface area contributed by atoms with Gasteiger partial charge in [-0.2, -0.15) is 4.31 Å². The Morgan fingerprint density at radius 3 is 2.45 bits per heavy atom. The SMILES string of the molecule is CCN(Cc1cccs1)S(=O)(=O)Cc1ccc(F)cc1. The highest BCUT2D eigenvalue weighted by atomic mass is 32.2. The summed E-state index contributed by atoms with van der Waals surface area (Å²) in [4.78, 5) is 1.01. The Bertz CT molecular complexity index is 636. The van der Waals surface area contributed by atoms with E-state index in [1.807, 2.05) is 24.4 Å². The van der Waals surface area contributed by atoms with E-state index in [1.165, 1.54) is 39.9 Å². The van der Waals surface area contributed by atoms with Crippen LogP contribution in [0, 0.1) is 5.82 Å². The quantitative estimate of drug-likeness (QED) is 0.821. The number of halogens is 1. The van der Waals surface area contributed by atoms with E-state index in [1.54, 1.807) is 0 Å². The molecule has 108 valence electrons. The molecule has 6 heteroatoms. The molecule has 0 atom stereocenters. The summed E-state index contributed by atoms with van der Waals surface area (Å²) in [5.41, 5.74) is 0.594. The number of hydrogen-bond acceptors (Lipinski definition) is 3. The van der Waals surface area contributed by atoms with Gasteiger partial charge in [-0.3, -0.25) is 0 Å². The van der Waals surface area contributed by atoms with Gasteiger partial charge in [0.25, 0.3) is 0 Å². The fraction of sp³-hybridized carbons (Fsp3) is 0.286. The van der Waals surface area contributed by atoms with Crippen molar-refractivity contribution in [2.45, 2.75) is 19.2 Å². The van der Waals surface area contributed by atoms with Crippen molar-refractivity contribution < 1.29 is 12.8 Å². The van der Waals surface area contributed by atoms with Crippen molar-refractivity contribution in [1.82, 2.24) is 4.31 Å². The summed E-state index contributed by atoms with van der Waals surface area (Å²) < 4.78 is 39.0. The van der Waals surface area contributed by atoms with Gasteiger partial charge in [0.2, 0.25) is 10.0 Å². The predicted octanol–water partition coefficient (Wildman–Crippen LogP) is 3.24. The second kappa shape index (κ2) is 6.47. The molecule has 1 aromatic carbocycles. The zero-order chi connectivity index (χ0) is 14.6. The average Bonchev–Trinajstić information content (AvgIpc) is 2.91. The van der Waals surface area contributed by atoms with Gasteiger partial charge in [0.1, 0.15) is 5.82 Å². The second-order valence-electron chi connectivity index (χ2n) is 4.39. The van der Waals surface area contributed by atoms with Crippen LogP contribution in [0.4, 0.5) is 4.39 Å². The largest absolute Gasteiger partial charge is 0.218 e. The van der Waals surface area contributed by atoms with Crippen molar-refractivity contribution in [1.29, 1.82) is 0 Å². The summed E-state index contributed by atoms with van der Waals surface area (Å²) in [5.74, 6) is -0.468. The highest BCUT2D eigenvalue weighted by Gasteiger charge is 2.21. The molecule has 0 spiro atoms. The first-order valence-corrected chi connectivity index (χ1v) is 8.75. The minimum atomic E-state index is -3.40. The summed E-state index contributed by atoms with van der Waals surface area (Å²) in [6, 6.07) is 9.39. The molecule has 0 radical (unpaired) electrons. The van der Waals surface area contributed by atoms with Crippen molar-refractivity contribution >= 4 is 21.4 Å². The van der Waals surface area contributed by atoms with Crippen molar-refractivity contribution in [3.05, 3.63) is 58.0 Å². The lowest BCUT2D eigenvalue weighted by atomic mass is 10.2. The molecule has 0 saturated carbocycles. The molecular formula is C14H16FNO2S2. The van der Waals surface area contributed by atoms with Crippen molar-refractivity contribution in [2.24, 2.45) is 0 Å². The van der Waals surface area contributed by atoms with E-state index >= 15 is 0 Å². The van der Waals surface area contributed by atoms with Gasteiger partial charge in [-0.15, -0.1) is 11.3 Å². The lowest BCUT2D eigenvalue weighted by Gasteiger charge is -2.19. The lowest BCUT2D eigenvalue weighted by molar-refractivity contribution is 0.425. The molecule has 2 rings (SSSR count). The summed E-state index contributed by atoms with van der Waals surface area (Å²) >= 11 is 1.54. The van der Waals surface area contributed by atoms with Gasteiger partial charge >= 0.3 is 0 Å². The van der Waals surface area contributed by atoms with Gasteiger partial charge < -0.3 is 0 Å². The summed E-state index contributed by atoms with van der Waals surface area (Å²) in [6.45, 7) is 2.62. The highest BCUT2D eigenvalue weighted by molar-refractivity contribution is 7.88. The molecule has 0 aliphatic carbocycles. The number of benzene rings is 1. The average molecular weight is 313 g/mol. The summed E-state index contributed by atoms with van der Waals surface area (Å²) in [6.07, 6.45) is 0. The number of nitrogens with zero attached hydrogens (tertiary/aromatic N) is 1. The minimum Gasteiger partial charge on any atom is -0.212 e. The smallest absolute Gasteiger partial charge is 0.212 e. The van der Waals surface area contributed by atoms with Crippen LogP contribution in [-0.2, 0) is 22.3 Å². The van der Waals surface area contributed by atoms with Crippen LogP contribution < -0.4 is 0 Å². The number of rotatable bonds is 6. The van der Waals surface area contributed by atoms with Crippen molar-refractivity contribution in [3.8, 4) is 0 Å². The van der Waals surface area contributed by atoms with Gasteiger partial charge in [-0.1, -0.05) is 25.1 Å². The Balaban J connectivity index is 2.12. The molecule has 0 bridgehead atoms.